The lowest BCUT2D eigenvalue weighted by atomic mass is 9.96. The van der Waals surface area contributed by atoms with Crippen LogP contribution in [0.2, 0.25) is 5.02 Å². The minimum Gasteiger partial charge on any atom is -0.491 e. The number of hydrogen-bond donors (Lipinski definition) is 0. The Bertz CT molecular complexity index is 1030. The van der Waals surface area contributed by atoms with Gasteiger partial charge < -0.3 is 4.74 Å². The van der Waals surface area contributed by atoms with Crippen molar-refractivity contribution in [1.29, 1.82) is 0 Å². The van der Waals surface area contributed by atoms with Gasteiger partial charge in [-0.25, -0.2) is 0 Å². The smallest absolute Gasteiger partial charge is 0.256 e. The van der Waals surface area contributed by atoms with Crippen LogP contribution in [0.4, 0.5) is 0 Å². The van der Waals surface area contributed by atoms with Crippen LogP contribution in [0.25, 0.3) is 0 Å². The summed E-state index contributed by atoms with van der Waals surface area (Å²) in [6.07, 6.45) is 0. The number of halogens is 4. The highest BCUT2D eigenvalue weighted by Gasteiger charge is 2.26. The molecule has 1 aliphatic heterocycles. The fourth-order valence-corrected chi connectivity index (χ4v) is 4.46. The maximum atomic E-state index is 11.5. The van der Waals surface area contributed by atoms with Gasteiger partial charge in [-0.15, -0.1) is 24.8 Å². The molecule has 0 saturated carbocycles. The second-order valence-corrected chi connectivity index (χ2v) is 8.64. The summed E-state index contributed by atoms with van der Waals surface area (Å²) >= 11 is 11.8. The van der Waals surface area contributed by atoms with Crippen LogP contribution >= 0.6 is 48.0 Å². The van der Waals surface area contributed by atoms with Crippen LogP contribution in [0.15, 0.2) is 78.9 Å². The lowest BCUT2D eigenvalue weighted by Crippen LogP contribution is -2.48. The van der Waals surface area contributed by atoms with E-state index in [2.05, 4.69) is 52.3 Å². The molecule has 0 spiro atoms. The molecule has 4 nitrogen and oxygen atoms in total. The van der Waals surface area contributed by atoms with E-state index in [1.54, 1.807) is 18.2 Å². The number of nitrogens with zero attached hydrogens (tertiary/aromatic N) is 2. The number of benzene rings is 3. The summed E-state index contributed by atoms with van der Waals surface area (Å²) in [5.74, 6) is 0.540. The fourth-order valence-electron chi connectivity index (χ4n) is 4.18. The van der Waals surface area contributed by atoms with Crippen LogP contribution in [-0.2, 0) is 0 Å². The molecule has 0 aliphatic carbocycles. The van der Waals surface area contributed by atoms with E-state index in [9.17, 15) is 4.79 Å². The molecule has 1 fully saturated rings. The molecule has 4 rings (SSSR count). The van der Waals surface area contributed by atoms with Crippen LogP contribution in [0.3, 0.4) is 0 Å². The number of para-hydroxylation sites is 1. The van der Waals surface area contributed by atoms with Crippen LogP contribution in [0, 0.1) is 0 Å². The van der Waals surface area contributed by atoms with Gasteiger partial charge in [0.15, 0.2) is 0 Å². The third kappa shape index (κ3) is 7.35. The lowest BCUT2D eigenvalue weighted by Gasteiger charge is -2.39. The van der Waals surface area contributed by atoms with Crippen LogP contribution in [0.5, 0.6) is 5.75 Å². The molecule has 0 N–H and O–H groups in total. The molecule has 8 heteroatoms. The van der Waals surface area contributed by atoms with E-state index in [0.717, 1.165) is 37.7 Å². The summed E-state index contributed by atoms with van der Waals surface area (Å²) in [4.78, 5) is 16.5. The van der Waals surface area contributed by atoms with Gasteiger partial charge in [0.1, 0.15) is 12.4 Å². The molecular formula is C26H28Cl4N2O2. The number of carbonyl (C=O) groups excluding carboxylic acids is 1. The minimum atomic E-state index is -0.497. The Kier molecular flexibility index (Phi) is 11.7. The molecule has 1 heterocycles. The largest absolute Gasteiger partial charge is 0.491 e. The number of ether oxygens (including phenoxy) is 1. The summed E-state index contributed by atoms with van der Waals surface area (Å²) in [5.41, 5.74) is 2.95. The van der Waals surface area contributed by atoms with E-state index >= 15 is 0 Å². The Morgan fingerprint density at radius 1 is 0.824 bits per heavy atom. The number of hydrogen-bond acceptors (Lipinski definition) is 4. The Morgan fingerprint density at radius 3 is 2.06 bits per heavy atom. The first-order chi connectivity index (χ1) is 15.6. The molecule has 1 saturated heterocycles. The zero-order chi connectivity index (χ0) is 22.3. The second kappa shape index (κ2) is 13.9. The van der Waals surface area contributed by atoms with Crippen LogP contribution in [-0.4, -0.2) is 54.4 Å². The molecule has 1 aliphatic rings. The third-order valence-electron chi connectivity index (χ3n) is 5.84. The van der Waals surface area contributed by atoms with Crippen molar-refractivity contribution in [2.24, 2.45) is 0 Å². The van der Waals surface area contributed by atoms with Crippen molar-refractivity contribution in [2.45, 2.75) is 6.04 Å². The zero-order valence-electron chi connectivity index (χ0n) is 18.6. The SMILES string of the molecule is Cl.Cl.O=C(Cl)c1ccccc1OCCN1CCN(C(c2ccccc2)c2ccc(Cl)cc2)CC1. The molecule has 0 radical (unpaired) electrons. The highest BCUT2D eigenvalue weighted by atomic mass is 35.5. The minimum absolute atomic E-state index is 0. The zero-order valence-corrected chi connectivity index (χ0v) is 21.8. The molecule has 3 aromatic carbocycles. The van der Waals surface area contributed by atoms with E-state index in [1.807, 2.05) is 18.2 Å². The fraction of sp³-hybridized carbons (Fsp3) is 0.269. The van der Waals surface area contributed by atoms with Gasteiger partial charge in [0, 0.05) is 37.7 Å². The summed E-state index contributed by atoms with van der Waals surface area (Å²) in [7, 11) is 0. The molecule has 182 valence electrons. The van der Waals surface area contributed by atoms with Crippen molar-refractivity contribution in [3.63, 3.8) is 0 Å². The van der Waals surface area contributed by atoms with Gasteiger partial charge in [0.25, 0.3) is 5.24 Å². The van der Waals surface area contributed by atoms with Crippen molar-refractivity contribution >= 4 is 53.3 Å². The summed E-state index contributed by atoms with van der Waals surface area (Å²) in [5, 5.41) is 0.256. The van der Waals surface area contributed by atoms with Gasteiger partial charge in [-0.2, -0.15) is 0 Å². The average molecular weight is 542 g/mol. The first kappa shape index (κ1) is 28.4. The maximum absolute atomic E-state index is 11.5. The van der Waals surface area contributed by atoms with Gasteiger partial charge in [0.2, 0.25) is 0 Å². The van der Waals surface area contributed by atoms with Crippen LogP contribution in [0.1, 0.15) is 27.5 Å². The molecule has 3 aromatic rings. The number of carbonyl (C=O) groups is 1. The standard InChI is InChI=1S/C26H26Cl2N2O2.2ClH/c27-22-12-10-21(11-13-22)25(20-6-2-1-3-7-20)30-16-14-29(15-17-30)18-19-32-24-9-5-4-8-23(24)26(28)31;;/h1-13,25H,14-19H2;2*1H. The van der Waals surface area contributed by atoms with Crippen LogP contribution < -0.4 is 4.74 Å². The van der Waals surface area contributed by atoms with Crippen molar-refractivity contribution in [3.05, 3.63) is 101 Å². The van der Waals surface area contributed by atoms with E-state index in [4.69, 9.17) is 27.9 Å². The predicted octanol–water partition coefficient (Wildman–Crippen LogP) is 6.35. The summed E-state index contributed by atoms with van der Waals surface area (Å²) < 4.78 is 5.85. The van der Waals surface area contributed by atoms with Gasteiger partial charge in [-0.1, -0.05) is 66.2 Å². The monoisotopic (exact) mass is 540 g/mol. The highest BCUT2D eigenvalue weighted by Crippen LogP contribution is 2.30. The van der Waals surface area contributed by atoms with Gasteiger partial charge in [0.05, 0.1) is 11.6 Å². The van der Waals surface area contributed by atoms with E-state index in [-0.39, 0.29) is 30.9 Å². The van der Waals surface area contributed by atoms with E-state index in [0.29, 0.717) is 17.9 Å². The predicted molar refractivity (Wildman–Crippen MR) is 144 cm³/mol. The topological polar surface area (TPSA) is 32.8 Å². The molecule has 0 bridgehead atoms. The Morgan fingerprint density at radius 2 is 1.41 bits per heavy atom. The van der Waals surface area contributed by atoms with Gasteiger partial charge in [-0.05, 0) is 47.0 Å². The normalized spacial score (nSPS) is 15.0. The Hall–Kier alpha value is -1.79. The summed E-state index contributed by atoms with van der Waals surface area (Å²) in [6, 6.07) is 26.1. The molecule has 1 atom stereocenters. The highest BCUT2D eigenvalue weighted by molar-refractivity contribution is 6.68. The molecule has 1 unspecified atom stereocenters. The maximum Gasteiger partial charge on any atom is 0.256 e. The Balaban J connectivity index is 0.00000204. The van der Waals surface area contributed by atoms with Crippen molar-refractivity contribution in [3.8, 4) is 5.75 Å². The van der Waals surface area contributed by atoms with Crippen molar-refractivity contribution in [2.75, 3.05) is 39.3 Å². The quantitative estimate of drug-likeness (QED) is 0.311. The first-order valence-corrected chi connectivity index (χ1v) is 11.6. The molecule has 34 heavy (non-hydrogen) atoms. The van der Waals surface area contributed by atoms with Gasteiger partial charge >= 0.3 is 0 Å². The third-order valence-corrected chi connectivity index (χ3v) is 6.29. The van der Waals surface area contributed by atoms with E-state index in [1.165, 1.54) is 11.1 Å². The number of rotatable bonds is 8. The first-order valence-electron chi connectivity index (χ1n) is 10.8. The summed E-state index contributed by atoms with van der Waals surface area (Å²) in [6.45, 7) is 5.14. The average Bonchev–Trinajstić information content (AvgIpc) is 2.82. The molecule has 0 amide bonds. The lowest BCUT2D eigenvalue weighted by molar-refractivity contribution is 0.0970. The van der Waals surface area contributed by atoms with Crippen molar-refractivity contribution < 1.29 is 9.53 Å². The number of piperazine rings is 1. The molecule has 0 aromatic heterocycles. The van der Waals surface area contributed by atoms with Gasteiger partial charge in [-0.3, -0.25) is 14.6 Å². The second-order valence-electron chi connectivity index (χ2n) is 7.86. The van der Waals surface area contributed by atoms with E-state index < -0.39 is 5.24 Å². The van der Waals surface area contributed by atoms with Crippen molar-refractivity contribution in [1.82, 2.24) is 9.80 Å². The molecular weight excluding hydrogens is 514 g/mol. The Labute approximate surface area is 223 Å².